The molecule has 0 spiro atoms. The predicted octanol–water partition coefficient (Wildman–Crippen LogP) is 3.03. The summed E-state index contributed by atoms with van der Waals surface area (Å²) in [6.45, 7) is 4.54. The molecule has 128 valence electrons. The van der Waals surface area contributed by atoms with Crippen molar-refractivity contribution < 1.29 is 9.53 Å². The average molecular weight is 345 g/mol. The number of hydrogen-bond donors (Lipinski definition) is 1. The van der Waals surface area contributed by atoms with E-state index in [2.05, 4.69) is 41.5 Å². The molecule has 2 aromatic rings. The summed E-state index contributed by atoms with van der Waals surface area (Å²) in [5.41, 5.74) is 5.28. The number of morpholine rings is 1. The van der Waals surface area contributed by atoms with Crippen molar-refractivity contribution in [3.63, 3.8) is 0 Å². The predicted molar refractivity (Wildman–Crippen MR) is 95.3 cm³/mol. The molecule has 1 aliphatic rings. The Morgan fingerprint density at radius 2 is 2.25 bits per heavy atom. The van der Waals surface area contributed by atoms with Crippen LogP contribution in [0.5, 0.6) is 0 Å². The number of rotatable bonds is 5. The van der Waals surface area contributed by atoms with E-state index in [0.29, 0.717) is 26.2 Å². The summed E-state index contributed by atoms with van der Waals surface area (Å²) in [5.74, 6) is 0. The number of carbonyl (C=O) groups excluding carboxylic acids is 1. The lowest BCUT2D eigenvalue weighted by atomic mass is 10.0. The van der Waals surface area contributed by atoms with Gasteiger partial charge in [-0.25, -0.2) is 9.78 Å². The van der Waals surface area contributed by atoms with Crippen molar-refractivity contribution in [3.05, 3.63) is 52.0 Å². The molecule has 1 N–H and O–H groups in total. The number of urea groups is 1. The summed E-state index contributed by atoms with van der Waals surface area (Å²) in [6.07, 6.45) is 1.75. The Balaban J connectivity index is 1.51. The number of nitrogens with one attached hydrogen (secondary N) is 1. The SMILES string of the molecule is CCc1ccc([C@H]2CN(C(=O)NCCc3cscn3)CCO2)cc1. The molecule has 2 heterocycles. The molecule has 6 heteroatoms. The maximum Gasteiger partial charge on any atom is 0.317 e. The first-order valence-electron chi connectivity index (χ1n) is 8.36. The number of hydrogen-bond acceptors (Lipinski definition) is 4. The molecule has 2 amide bonds. The minimum absolute atomic E-state index is 0.0243. The Morgan fingerprint density at radius 1 is 1.42 bits per heavy atom. The van der Waals surface area contributed by atoms with Crippen molar-refractivity contribution >= 4 is 17.4 Å². The molecular formula is C18H23N3O2S. The number of aryl methyl sites for hydroxylation is 1. The van der Waals surface area contributed by atoms with E-state index in [-0.39, 0.29) is 12.1 Å². The minimum Gasteiger partial charge on any atom is -0.370 e. The molecule has 1 atom stereocenters. The van der Waals surface area contributed by atoms with Gasteiger partial charge in [0.05, 0.1) is 24.4 Å². The Hall–Kier alpha value is -1.92. The number of thiazole rings is 1. The van der Waals surface area contributed by atoms with Crippen LogP contribution in [0.4, 0.5) is 4.79 Å². The monoisotopic (exact) mass is 345 g/mol. The molecule has 0 radical (unpaired) electrons. The number of carbonyl (C=O) groups is 1. The van der Waals surface area contributed by atoms with Gasteiger partial charge in [-0.15, -0.1) is 11.3 Å². The Morgan fingerprint density at radius 3 is 2.96 bits per heavy atom. The molecule has 3 rings (SSSR count). The molecule has 0 unspecified atom stereocenters. The number of benzene rings is 1. The third kappa shape index (κ3) is 4.33. The van der Waals surface area contributed by atoms with Crippen LogP contribution < -0.4 is 5.32 Å². The standard InChI is InChI=1S/C18H23N3O2S/c1-2-14-3-5-15(6-4-14)17-11-21(9-10-23-17)18(22)19-8-7-16-12-24-13-20-16/h3-6,12-13,17H,2,7-11H2,1H3,(H,19,22)/t17-/m1/s1. The maximum atomic E-state index is 12.3. The van der Waals surface area contributed by atoms with E-state index in [0.717, 1.165) is 24.1 Å². The first-order valence-corrected chi connectivity index (χ1v) is 9.31. The lowest BCUT2D eigenvalue weighted by Crippen LogP contribution is -2.47. The van der Waals surface area contributed by atoms with E-state index in [1.807, 2.05) is 15.8 Å². The Bertz CT molecular complexity index is 643. The second kappa shape index (κ2) is 8.26. The smallest absolute Gasteiger partial charge is 0.317 e. The molecule has 1 saturated heterocycles. The number of ether oxygens (including phenoxy) is 1. The quantitative estimate of drug-likeness (QED) is 0.906. The van der Waals surface area contributed by atoms with Crippen molar-refractivity contribution in [2.24, 2.45) is 0 Å². The minimum atomic E-state index is -0.0473. The topological polar surface area (TPSA) is 54.5 Å². The molecule has 5 nitrogen and oxygen atoms in total. The summed E-state index contributed by atoms with van der Waals surface area (Å²) in [5, 5.41) is 4.99. The van der Waals surface area contributed by atoms with Crippen LogP contribution in [0.25, 0.3) is 0 Å². The van der Waals surface area contributed by atoms with E-state index < -0.39 is 0 Å². The average Bonchev–Trinajstić information content (AvgIpc) is 3.15. The zero-order chi connectivity index (χ0) is 16.8. The van der Waals surface area contributed by atoms with Crippen molar-refractivity contribution in [1.29, 1.82) is 0 Å². The van der Waals surface area contributed by atoms with Crippen LogP contribution in [0.1, 0.15) is 29.8 Å². The van der Waals surface area contributed by atoms with Gasteiger partial charge in [0.15, 0.2) is 0 Å². The molecule has 0 bridgehead atoms. The summed E-state index contributed by atoms with van der Waals surface area (Å²) in [6, 6.07) is 8.45. The highest BCUT2D eigenvalue weighted by Gasteiger charge is 2.25. The van der Waals surface area contributed by atoms with Gasteiger partial charge in [-0.3, -0.25) is 0 Å². The van der Waals surface area contributed by atoms with Crippen LogP contribution in [-0.4, -0.2) is 42.2 Å². The molecule has 0 aliphatic carbocycles. The van der Waals surface area contributed by atoms with Crippen LogP contribution in [-0.2, 0) is 17.6 Å². The van der Waals surface area contributed by atoms with Crippen LogP contribution in [0.2, 0.25) is 0 Å². The third-order valence-electron chi connectivity index (χ3n) is 4.25. The fraction of sp³-hybridized carbons (Fsp3) is 0.444. The fourth-order valence-corrected chi connectivity index (χ4v) is 3.37. The normalized spacial score (nSPS) is 17.7. The molecule has 0 saturated carbocycles. The van der Waals surface area contributed by atoms with Gasteiger partial charge in [0, 0.05) is 24.9 Å². The zero-order valence-corrected chi connectivity index (χ0v) is 14.7. The molecular weight excluding hydrogens is 322 g/mol. The highest BCUT2D eigenvalue weighted by atomic mass is 32.1. The lowest BCUT2D eigenvalue weighted by molar-refractivity contribution is -0.0154. The lowest BCUT2D eigenvalue weighted by Gasteiger charge is -2.33. The van der Waals surface area contributed by atoms with E-state index >= 15 is 0 Å². The highest BCUT2D eigenvalue weighted by Crippen LogP contribution is 2.22. The molecule has 24 heavy (non-hydrogen) atoms. The van der Waals surface area contributed by atoms with Gasteiger partial charge in [-0.1, -0.05) is 31.2 Å². The van der Waals surface area contributed by atoms with Gasteiger partial charge in [-0.2, -0.15) is 0 Å². The summed E-state index contributed by atoms with van der Waals surface area (Å²) in [7, 11) is 0. The van der Waals surface area contributed by atoms with Crippen molar-refractivity contribution in [2.45, 2.75) is 25.9 Å². The van der Waals surface area contributed by atoms with Gasteiger partial charge in [0.2, 0.25) is 0 Å². The Kier molecular flexibility index (Phi) is 5.82. The van der Waals surface area contributed by atoms with E-state index in [1.54, 1.807) is 11.3 Å². The molecule has 1 aliphatic heterocycles. The van der Waals surface area contributed by atoms with Gasteiger partial charge in [0.1, 0.15) is 6.10 Å². The van der Waals surface area contributed by atoms with Crippen molar-refractivity contribution in [3.8, 4) is 0 Å². The van der Waals surface area contributed by atoms with Crippen LogP contribution in [0, 0.1) is 0 Å². The summed E-state index contributed by atoms with van der Waals surface area (Å²) < 4.78 is 5.85. The number of aromatic nitrogens is 1. The van der Waals surface area contributed by atoms with Gasteiger partial charge < -0.3 is 15.0 Å². The van der Waals surface area contributed by atoms with Gasteiger partial charge in [-0.05, 0) is 17.5 Å². The first-order chi connectivity index (χ1) is 11.8. The van der Waals surface area contributed by atoms with E-state index in [1.165, 1.54) is 5.56 Å². The Labute approximate surface area is 146 Å². The zero-order valence-electron chi connectivity index (χ0n) is 13.9. The molecule has 1 aromatic carbocycles. The first kappa shape index (κ1) is 16.9. The van der Waals surface area contributed by atoms with Gasteiger partial charge in [0.25, 0.3) is 0 Å². The largest absolute Gasteiger partial charge is 0.370 e. The highest BCUT2D eigenvalue weighted by molar-refractivity contribution is 7.07. The van der Waals surface area contributed by atoms with Gasteiger partial charge >= 0.3 is 6.03 Å². The summed E-state index contributed by atoms with van der Waals surface area (Å²) >= 11 is 1.58. The van der Waals surface area contributed by atoms with Crippen LogP contribution >= 0.6 is 11.3 Å². The third-order valence-corrected chi connectivity index (χ3v) is 4.89. The summed E-state index contributed by atoms with van der Waals surface area (Å²) in [4.78, 5) is 18.4. The van der Waals surface area contributed by atoms with Crippen LogP contribution in [0.3, 0.4) is 0 Å². The number of amides is 2. The second-order valence-corrected chi connectivity index (χ2v) is 6.58. The van der Waals surface area contributed by atoms with Crippen molar-refractivity contribution in [1.82, 2.24) is 15.2 Å². The van der Waals surface area contributed by atoms with E-state index in [9.17, 15) is 4.79 Å². The molecule has 1 fully saturated rings. The fourth-order valence-electron chi connectivity index (χ4n) is 2.77. The van der Waals surface area contributed by atoms with Crippen molar-refractivity contribution in [2.75, 3.05) is 26.2 Å². The maximum absolute atomic E-state index is 12.3. The number of nitrogens with zero attached hydrogens (tertiary/aromatic N) is 2. The molecule has 1 aromatic heterocycles. The second-order valence-electron chi connectivity index (χ2n) is 5.86. The van der Waals surface area contributed by atoms with E-state index in [4.69, 9.17) is 4.74 Å². The van der Waals surface area contributed by atoms with Crippen LogP contribution in [0.15, 0.2) is 35.2 Å².